The highest BCUT2D eigenvalue weighted by atomic mass is 19.1. The van der Waals surface area contributed by atoms with Gasteiger partial charge in [0.25, 0.3) is 0 Å². The van der Waals surface area contributed by atoms with Crippen LogP contribution in [0.1, 0.15) is 36.8 Å². The number of nitrogens with one attached hydrogen (secondary N) is 1. The summed E-state index contributed by atoms with van der Waals surface area (Å²) in [5.41, 5.74) is 1.78. The molecule has 2 aliphatic rings. The molecule has 0 bridgehead atoms. The lowest BCUT2D eigenvalue weighted by atomic mass is 9.95. The number of benzene rings is 2. The van der Waals surface area contributed by atoms with Crippen molar-refractivity contribution in [1.82, 2.24) is 10.2 Å². The Morgan fingerprint density at radius 3 is 2.64 bits per heavy atom. The summed E-state index contributed by atoms with van der Waals surface area (Å²) in [6.45, 7) is 0.945. The summed E-state index contributed by atoms with van der Waals surface area (Å²) in [7, 11) is 0. The Hall–Kier alpha value is -2.69. The molecule has 1 aliphatic carbocycles. The first kappa shape index (κ1) is 18.7. The molecule has 1 saturated carbocycles. The van der Waals surface area contributed by atoms with Gasteiger partial charge in [-0.05, 0) is 48.9 Å². The third-order valence-corrected chi connectivity index (χ3v) is 5.87. The maximum absolute atomic E-state index is 13.3. The Bertz CT molecular complexity index is 864. The average Bonchev–Trinajstić information content (AvgIpc) is 3.49. The predicted octanol–water partition coefficient (Wildman–Crippen LogP) is 3.41. The number of likely N-dealkylation sites (tertiary alicyclic amines) is 1. The number of nitrogens with zero attached hydrogens (tertiary/aromatic N) is 1. The lowest BCUT2D eigenvalue weighted by Gasteiger charge is -2.33. The molecule has 1 atom stereocenters. The minimum absolute atomic E-state index is 0.0320. The molecule has 1 N–H and O–H groups in total. The number of hydrogen-bond donors (Lipinski definition) is 1. The van der Waals surface area contributed by atoms with Gasteiger partial charge in [-0.1, -0.05) is 42.5 Å². The van der Waals surface area contributed by atoms with E-state index in [2.05, 4.69) is 17.4 Å². The monoisotopic (exact) mass is 380 g/mol. The lowest BCUT2D eigenvalue weighted by molar-refractivity contribution is -0.138. The van der Waals surface area contributed by atoms with Crippen LogP contribution in [0, 0.1) is 11.7 Å². The summed E-state index contributed by atoms with van der Waals surface area (Å²) < 4.78 is 13.3. The van der Waals surface area contributed by atoms with Crippen molar-refractivity contribution in [2.75, 3.05) is 13.1 Å². The number of hydrogen-bond acceptors (Lipinski definition) is 2. The van der Waals surface area contributed by atoms with Gasteiger partial charge in [-0.3, -0.25) is 9.59 Å². The van der Waals surface area contributed by atoms with Gasteiger partial charge in [0, 0.05) is 19.5 Å². The van der Waals surface area contributed by atoms with Crippen molar-refractivity contribution in [3.8, 4) is 0 Å². The van der Waals surface area contributed by atoms with Crippen LogP contribution in [0.2, 0.25) is 0 Å². The summed E-state index contributed by atoms with van der Waals surface area (Å²) in [5, 5.41) is 3.24. The van der Waals surface area contributed by atoms with E-state index in [1.807, 2.05) is 24.3 Å². The molecule has 1 heterocycles. The minimum Gasteiger partial charge on any atom is -0.346 e. The number of carbonyl (C=O) groups is 2. The summed E-state index contributed by atoms with van der Waals surface area (Å²) in [5.74, 6) is -0.351. The molecule has 0 aromatic heterocycles. The van der Waals surface area contributed by atoms with Gasteiger partial charge in [-0.25, -0.2) is 4.39 Å². The van der Waals surface area contributed by atoms with E-state index >= 15 is 0 Å². The van der Waals surface area contributed by atoms with Crippen LogP contribution in [0.3, 0.4) is 0 Å². The normalized spacial score (nSPS) is 20.7. The summed E-state index contributed by atoms with van der Waals surface area (Å²) in [6, 6.07) is 16.5. The van der Waals surface area contributed by atoms with E-state index in [0.29, 0.717) is 32.4 Å². The van der Waals surface area contributed by atoms with Gasteiger partial charge < -0.3 is 10.2 Å². The molecule has 1 saturated heterocycles. The minimum atomic E-state index is -0.268. The van der Waals surface area contributed by atoms with Crippen molar-refractivity contribution < 1.29 is 14.0 Å². The first-order chi connectivity index (χ1) is 13.6. The Morgan fingerprint density at radius 1 is 1.14 bits per heavy atom. The molecule has 0 spiro atoms. The van der Waals surface area contributed by atoms with Gasteiger partial charge in [0.15, 0.2) is 0 Å². The molecular formula is C23H25FN2O2. The van der Waals surface area contributed by atoms with Crippen molar-refractivity contribution in [3.05, 3.63) is 71.5 Å². The van der Waals surface area contributed by atoms with Crippen molar-refractivity contribution >= 4 is 11.8 Å². The fourth-order valence-corrected chi connectivity index (χ4v) is 4.01. The zero-order valence-electron chi connectivity index (χ0n) is 15.9. The Morgan fingerprint density at radius 2 is 1.93 bits per heavy atom. The molecule has 4 rings (SSSR count). The lowest BCUT2D eigenvalue weighted by Crippen LogP contribution is -2.48. The highest BCUT2D eigenvalue weighted by molar-refractivity contribution is 5.84. The molecule has 1 aliphatic heterocycles. The third kappa shape index (κ3) is 4.08. The van der Waals surface area contributed by atoms with Crippen LogP contribution < -0.4 is 5.32 Å². The van der Waals surface area contributed by atoms with Gasteiger partial charge in [-0.2, -0.15) is 0 Å². The highest BCUT2D eigenvalue weighted by Gasteiger charge is 2.46. The fraction of sp³-hybridized carbons (Fsp3) is 0.391. The van der Waals surface area contributed by atoms with E-state index < -0.39 is 0 Å². The smallest absolute Gasteiger partial charge is 0.225 e. The van der Waals surface area contributed by atoms with E-state index in [1.54, 1.807) is 11.0 Å². The number of piperidine rings is 1. The van der Waals surface area contributed by atoms with Crippen LogP contribution in [0.15, 0.2) is 54.6 Å². The molecule has 2 aromatic rings. The van der Waals surface area contributed by atoms with Crippen LogP contribution in [0.4, 0.5) is 4.39 Å². The summed E-state index contributed by atoms with van der Waals surface area (Å²) in [6.07, 6.45) is 3.48. The molecule has 4 nitrogen and oxygen atoms in total. The van der Waals surface area contributed by atoms with Crippen molar-refractivity contribution in [1.29, 1.82) is 0 Å². The Balaban J connectivity index is 1.36. The number of amides is 2. The van der Waals surface area contributed by atoms with E-state index in [0.717, 1.165) is 24.0 Å². The average molecular weight is 380 g/mol. The maximum atomic E-state index is 13.3. The Labute approximate surface area is 164 Å². The highest BCUT2D eigenvalue weighted by Crippen LogP contribution is 2.45. The molecule has 146 valence electrons. The van der Waals surface area contributed by atoms with Crippen molar-refractivity contribution in [3.63, 3.8) is 0 Å². The predicted molar refractivity (Wildman–Crippen MR) is 105 cm³/mol. The van der Waals surface area contributed by atoms with Crippen LogP contribution >= 0.6 is 0 Å². The quantitative estimate of drug-likeness (QED) is 0.835. The van der Waals surface area contributed by atoms with Gasteiger partial charge in [0.2, 0.25) is 11.8 Å². The number of rotatable bonds is 6. The SMILES string of the molecule is O=C(NC1(c2ccccc2)CC1)C1CCC(=O)N(CCc2cccc(F)c2)C1. The second-order valence-electron chi connectivity index (χ2n) is 7.89. The van der Waals surface area contributed by atoms with E-state index in [-0.39, 0.29) is 29.1 Å². The number of carbonyl (C=O) groups excluding carboxylic acids is 2. The second kappa shape index (κ2) is 7.74. The molecule has 0 radical (unpaired) electrons. The maximum Gasteiger partial charge on any atom is 0.225 e. The largest absolute Gasteiger partial charge is 0.346 e. The first-order valence-electron chi connectivity index (χ1n) is 9.95. The van der Waals surface area contributed by atoms with E-state index in [4.69, 9.17) is 0 Å². The molecule has 1 unspecified atom stereocenters. The second-order valence-corrected chi connectivity index (χ2v) is 7.89. The van der Waals surface area contributed by atoms with Crippen LogP contribution in [0.5, 0.6) is 0 Å². The topological polar surface area (TPSA) is 49.4 Å². The van der Waals surface area contributed by atoms with E-state index in [9.17, 15) is 14.0 Å². The summed E-state index contributed by atoms with van der Waals surface area (Å²) in [4.78, 5) is 26.9. The van der Waals surface area contributed by atoms with Crippen LogP contribution in [-0.4, -0.2) is 29.8 Å². The zero-order valence-corrected chi connectivity index (χ0v) is 15.9. The van der Waals surface area contributed by atoms with Gasteiger partial charge >= 0.3 is 0 Å². The molecule has 5 heteroatoms. The molecule has 2 fully saturated rings. The Kier molecular flexibility index (Phi) is 5.16. The first-order valence-corrected chi connectivity index (χ1v) is 9.95. The van der Waals surface area contributed by atoms with Crippen LogP contribution in [-0.2, 0) is 21.5 Å². The third-order valence-electron chi connectivity index (χ3n) is 5.87. The molecule has 28 heavy (non-hydrogen) atoms. The van der Waals surface area contributed by atoms with Crippen molar-refractivity contribution in [2.45, 2.75) is 37.6 Å². The molecule has 2 aromatic carbocycles. The summed E-state index contributed by atoms with van der Waals surface area (Å²) >= 11 is 0. The van der Waals surface area contributed by atoms with Gasteiger partial charge in [0.1, 0.15) is 5.82 Å². The molecule has 2 amide bonds. The standard InChI is InChI=1S/C23H25FN2O2/c24-20-8-4-5-17(15-20)11-14-26-16-18(9-10-21(26)27)22(28)25-23(12-13-23)19-6-2-1-3-7-19/h1-8,15,18H,9-14,16H2,(H,25,28). The van der Waals surface area contributed by atoms with Crippen LogP contribution in [0.25, 0.3) is 0 Å². The fourth-order valence-electron chi connectivity index (χ4n) is 4.01. The number of halogens is 1. The van der Waals surface area contributed by atoms with Gasteiger partial charge in [-0.15, -0.1) is 0 Å². The molecular weight excluding hydrogens is 355 g/mol. The van der Waals surface area contributed by atoms with E-state index in [1.165, 1.54) is 12.1 Å². The van der Waals surface area contributed by atoms with Crippen molar-refractivity contribution in [2.24, 2.45) is 5.92 Å². The van der Waals surface area contributed by atoms with Gasteiger partial charge in [0.05, 0.1) is 11.5 Å². The zero-order chi connectivity index (χ0) is 19.6.